The van der Waals surface area contributed by atoms with E-state index >= 15 is 0 Å². The summed E-state index contributed by atoms with van der Waals surface area (Å²) in [4.78, 5) is 0. The van der Waals surface area contributed by atoms with Gasteiger partial charge >= 0.3 is 0 Å². The van der Waals surface area contributed by atoms with Crippen LogP contribution in [-0.2, 0) is 0 Å². The average Bonchev–Trinajstić information content (AvgIpc) is 2.30. The molecule has 1 aromatic rings. The molecule has 0 heterocycles. The van der Waals surface area contributed by atoms with E-state index < -0.39 is 8.24 Å². The average molecular weight is 233 g/mol. The zero-order valence-electron chi connectivity index (χ0n) is 11.0. The van der Waals surface area contributed by atoms with Crippen molar-refractivity contribution in [2.75, 3.05) is 13.1 Å². The van der Waals surface area contributed by atoms with E-state index in [9.17, 15) is 0 Å². The molecule has 1 nitrogen and oxygen atoms in total. The van der Waals surface area contributed by atoms with E-state index in [1.165, 1.54) is 10.8 Å². The van der Waals surface area contributed by atoms with Crippen LogP contribution >= 0.6 is 0 Å². The number of benzene rings is 1. The summed E-state index contributed by atoms with van der Waals surface area (Å²) in [7, 11) is -1.51. The Morgan fingerprint density at radius 2 is 1.75 bits per heavy atom. The second-order valence-corrected chi connectivity index (χ2v) is 8.81. The van der Waals surface area contributed by atoms with E-state index in [2.05, 4.69) is 62.4 Å². The van der Waals surface area contributed by atoms with E-state index in [-0.39, 0.29) is 0 Å². The highest BCUT2D eigenvalue weighted by Crippen LogP contribution is 2.13. The van der Waals surface area contributed by atoms with Crippen LogP contribution in [0.25, 0.3) is 6.08 Å². The lowest BCUT2D eigenvalue weighted by molar-refractivity contribution is 0.474. The van der Waals surface area contributed by atoms with Gasteiger partial charge in [-0.15, -0.1) is 0 Å². The fraction of sp³-hybridized carbons (Fsp3) is 0.429. The van der Waals surface area contributed by atoms with Crippen molar-refractivity contribution in [2.24, 2.45) is 0 Å². The fourth-order valence-electron chi connectivity index (χ4n) is 2.42. The van der Waals surface area contributed by atoms with Crippen LogP contribution in [0.4, 0.5) is 0 Å². The van der Waals surface area contributed by atoms with Crippen LogP contribution in [0, 0.1) is 0 Å². The third-order valence-corrected chi connectivity index (χ3v) is 7.38. The Kier molecular flexibility index (Phi) is 4.51. The molecule has 2 heteroatoms. The van der Waals surface area contributed by atoms with Crippen molar-refractivity contribution in [3.8, 4) is 0 Å². The predicted molar refractivity (Wildman–Crippen MR) is 76.6 cm³/mol. The van der Waals surface area contributed by atoms with Gasteiger partial charge in [0.05, 0.1) is 0 Å². The highest BCUT2D eigenvalue weighted by Gasteiger charge is 2.30. The lowest BCUT2D eigenvalue weighted by Crippen LogP contribution is -2.58. The first kappa shape index (κ1) is 13.2. The molecule has 1 aromatic carbocycles. The Bertz CT molecular complexity index is 354. The minimum atomic E-state index is -1.51. The van der Waals surface area contributed by atoms with E-state index in [0.717, 1.165) is 13.1 Å². The Morgan fingerprint density at radius 3 is 2.25 bits per heavy atom. The molecule has 1 rings (SSSR count). The van der Waals surface area contributed by atoms with E-state index in [1.54, 1.807) is 0 Å². The molecule has 0 saturated carbocycles. The third-order valence-electron chi connectivity index (χ3n) is 3.39. The second-order valence-electron chi connectivity index (χ2n) is 4.52. The van der Waals surface area contributed by atoms with Crippen LogP contribution in [0.1, 0.15) is 19.4 Å². The van der Waals surface area contributed by atoms with Crippen LogP contribution in [-0.4, -0.2) is 25.9 Å². The summed E-state index contributed by atoms with van der Waals surface area (Å²) in [6.45, 7) is 15.5. The van der Waals surface area contributed by atoms with Crippen molar-refractivity contribution in [1.82, 2.24) is 4.57 Å². The highest BCUT2D eigenvalue weighted by molar-refractivity contribution is 6.87. The number of hydrogen-bond donors (Lipinski definition) is 0. The SMILES string of the molecule is C=Cc1ccccc1[Si](C)(C)N(CC)CC. The monoisotopic (exact) mass is 233 g/mol. The molecule has 0 atom stereocenters. The number of rotatable bonds is 5. The molecule has 0 amide bonds. The summed E-state index contributed by atoms with van der Waals surface area (Å²) in [5, 5.41) is 1.49. The van der Waals surface area contributed by atoms with Gasteiger partial charge in [0.1, 0.15) is 0 Å². The molecule has 0 aromatic heterocycles. The highest BCUT2D eigenvalue weighted by atomic mass is 28.3. The maximum absolute atomic E-state index is 3.92. The molecule has 0 fully saturated rings. The van der Waals surface area contributed by atoms with E-state index in [1.807, 2.05) is 6.08 Å². The van der Waals surface area contributed by atoms with Gasteiger partial charge in [0.25, 0.3) is 0 Å². The first-order valence-corrected chi connectivity index (χ1v) is 8.99. The molecular weight excluding hydrogens is 210 g/mol. The van der Waals surface area contributed by atoms with Crippen molar-refractivity contribution in [2.45, 2.75) is 26.9 Å². The zero-order chi connectivity index (χ0) is 12.2. The number of hydrogen-bond acceptors (Lipinski definition) is 1. The van der Waals surface area contributed by atoms with Crippen molar-refractivity contribution in [3.63, 3.8) is 0 Å². The molecule has 88 valence electrons. The molecule has 0 saturated heterocycles. The number of nitrogens with zero attached hydrogens (tertiary/aromatic N) is 1. The first-order valence-electron chi connectivity index (χ1n) is 6.04. The van der Waals surface area contributed by atoms with Gasteiger partial charge in [0.15, 0.2) is 8.24 Å². The smallest absolute Gasteiger partial charge is 0.154 e. The molecule has 0 aliphatic rings. The summed E-state index contributed by atoms with van der Waals surface area (Å²) >= 11 is 0. The van der Waals surface area contributed by atoms with Crippen LogP contribution < -0.4 is 5.19 Å². The van der Waals surface area contributed by atoms with Crippen LogP contribution in [0.2, 0.25) is 13.1 Å². The Labute approximate surface area is 101 Å². The molecule has 16 heavy (non-hydrogen) atoms. The Balaban J connectivity index is 3.19. The second kappa shape index (κ2) is 5.46. The van der Waals surface area contributed by atoms with E-state index in [4.69, 9.17) is 0 Å². The fourth-order valence-corrected chi connectivity index (χ4v) is 5.73. The van der Waals surface area contributed by atoms with Gasteiger partial charge in [0, 0.05) is 0 Å². The van der Waals surface area contributed by atoms with Gasteiger partial charge in [0.2, 0.25) is 0 Å². The molecule has 0 radical (unpaired) electrons. The lowest BCUT2D eigenvalue weighted by Gasteiger charge is -2.36. The maximum Gasteiger partial charge on any atom is 0.154 e. The zero-order valence-corrected chi connectivity index (χ0v) is 12.0. The summed E-state index contributed by atoms with van der Waals surface area (Å²) in [6.07, 6.45) is 1.98. The molecule has 0 aliphatic heterocycles. The van der Waals surface area contributed by atoms with Gasteiger partial charge in [-0.25, -0.2) is 0 Å². The van der Waals surface area contributed by atoms with Crippen LogP contribution in [0.15, 0.2) is 30.8 Å². The quantitative estimate of drug-likeness (QED) is 0.707. The van der Waals surface area contributed by atoms with Gasteiger partial charge in [-0.3, -0.25) is 0 Å². The van der Waals surface area contributed by atoms with Crippen molar-refractivity contribution < 1.29 is 0 Å². The largest absolute Gasteiger partial charge is 0.321 e. The maximum atomic E-state index is 3.92. The van der Waals surface area contributed by atoms with Crippen molar-refractivity contribution in [3.05, 3.63) is 36.4 Å². The molecule has 0 spiro atoms. The first-order chi connectivity index (χ1) is 7.57. The summed E-state index contributed by atoms with van der Waals surface area (Å²) in [6, 6.07) is 8.66. The summed E-state index contributed by atoms with van der Waals surface area (Å²) in [5.41, 5.74) is 1.30. The summed E-state index contributed by atoms with van der Waals surface area (Å²) < 4.78 is 2.61. The van der Waals surface area contributed by atoms with E-state index in [0.29, 0.717) is 0 Å². The van der Waals surface area contributed by atoms with Gasteiger partial charge in [-0.05, 0) is 23.8 Å². The van der Waals surface area contributed by atoms with Crippen LogP contribution in [0.5, 0.6) is 0 Å². The molecule has 0 bridgehead atoms. The molecule has 0 aliphatic carbocycles. The van der Waals surface area contributed by atoms with Crippen molar-refractivity contribution >= 4 is 19.5 Å². The Hall–Kier alpha value is -0.863. The Morgan fingerprint density at radius 1 is 1.19 bits per heavy atom. The molecular formula is C14H23NSi. The molecule has 0 N–H and O–H groups in total. The minimum Gasteiger partial charge on any atom is -0.321 e. The van der Waals surface area contributed by atoms with Gasteiger partial charge in [-0.2, -0.15) is 0 Å². The summed E-state index contributed by atoms with van der Waals surface area (Å²) in [5.74, 6) is 0. The van der Waals surface area contributed by atoms with Gasteiger partial charge in [-0.1, -0.05) is 63.9 Å². The normalized spacial score (nSPS) is 11.8. The topological polar surface area (TPSA) is 3.24 Å². The predicted octanol–water partition coefficient (Wildman–Crippen LogP) is 3.08. The van der Waals surface area contributed by atoms with Crippen molar-refractivity contribution in [1.29, 1.82) is 0 Å². The standard InChI is InChI=1S/C14H23NSi/c1-6-13-11-9-10-12-14(13)16(4,5)15(7-2)8-3/h6,9-12H,1,7-8H2,2-5H3. The third kappa shape index (κ3) is 2.44. The lowest BCUT2D eigenvalue weighted by atomic mass is 10.2. The minimum absolute atomic E-state index is 1.13. The van der Waals surface area contributed by atoms with Crippen LogP contribution in [0.3, 0.4) is 0 Å². The molecule has 0 unspecified atom stereocenters. The van der Waals surface area contributed by atoms with Gasteiger partial charge < -0.3 is 4.57 Å².